The second kappa shape index (κ2) is 6.71. The minimum Gasteiger partial charge on any atom is -0.383 e. The van der Waals surface area contributed by atoms with Crippen LogP contribution in [0.1, 0.15) is 19.5 Å². The molecule has 0 aromatic carbocycles. The summed E-state index contributed by atoms with van der Waals surface area (Å²) >= 11 is 5.78. The quantitative estimate of drug-likeness (QED) is 0.718. The lowest BCUT2D eigenvalue weighted by molar-refractivity contribution is 0.204. The highest BCUT2D eigenvalue weighted by Crippen LogP contribution is 2.17. The fourth-order valence-corrected chi connectivity index (χ4v) is 1.74. The van der Waals surface area contributed by atoms with Crippen molar-refractivity contribution in [3.8, 4) is 0 Å². The molecule has 0 amide bonds. The number of pyridine rings is 1. The molecule has 3 nitrogen and oxygen atoms in total. The summed E-state index contributed by atoms with van der Waals surface area (Å²) in [5, 5.41) is 0. The number of anilines is 1. The van der Waals surface area contributed by atoms with Gasteiger partial charge in [0, 0.05) is 31.6 Å². The summed E-state index contributed by atoms with van der Waals surface area (Å²) in [7, 11) is 1.72. The van der Waals surface area contributed by atoms with Crippen molar-refractivity contribution in [1.82, 2.24) is 4.98 Å². The standard InChI is InChI=1S/C12H19ClN2O/c1-10(2)15(6-7-16-3)12-4-5-14-11(8-12)9-13/h4-5,8,10H,6-7,9H2,1-3H3. The predicted octanol–water partition coefficient (Wildman–Crippen LogP) is 2.68. The first-order valence-electron chi connectivity index (χ1n) is 5.45. The van der Waals surface area contributed by atoms with E-state index in [9.17, 15) is 0 Å². The van der Waals surface area contributed by atoms with Gasteiger partial charge in [-0.05, 0) is 26.0 Å². The third-order valence-electron chi connectivity index (χ3n) is 2.43. The first kappa shape index (κ1) is 13.3. The Morgan fingerprint density at radius 2 is 2.25 bits per heavy atom. The predicted molar refractivity (Wildman–Crippen MR) is 68.2 cm³/mol. The highest BCUT2D eigenvalue weighted by Gasteiger charge is 2.10. The maximum Gasteiger partial charge on any atom is 0.0648 e. The average Bonchev–Trinajstić information content (AvgIpc) is 2.29. The van der Waals surface area contributed by atoms with Crippen molar-refractivity contribution >= 4 is 17.3 Å². The van der Waals surface area contributed by atoms with Gasteiger partial charge in [-0.1, -0.05) is 0 Å². The van der Waals surface area contributed by atoms with Crippen LogP contribution in [-0.2, 0) is 10.6 Å². The van der Waals surface area contributed by atoms with Crippen molar-refractivity contribution in [3.63, 3.8) is 0 Å². The van der Waals surface area contributed by atoms with Gasteiger partial charge in [0.2, 0.25) is 0 Å². The van der Waals surface area contributed by atoms with Crippen molar-refractivity contribution in [2.75, 3.05) is 25.2 Å². The number of halogens is 1. The molecule has 0 spiro atoms. The molecule has 0 aliphatic rings. The molecule has 1 aromatic rings. The number of methoxy groups -OCH3 is 1. The van der Waals surface area contributed by atoms with Crippen molar-refractivity contribution < 1.29 is 4.74 Å². The number of aromatic nitrogens is 1. The summed E-state index contributed by atoms with van der Waals surface area (Å²) in [6, 6.07) is 4.47. The van der Waals surface area contributed by atoms with E-state index in [1.165, 1.54) is 0 Å². The van der Waals surface area contributed by atoms with Gasteiger partial charge in [0.1, 0.15) is 0 Å². The molecule has 16 heavy (non-hydrogen) atoms. The SMILES string of the molecule is COCCN(c1ccnc(CCl)c1)C(C)C. The smallest absolute Gasteiger partial charge is 0.0648 e. The van der Waals surface area contributed by atoms with Crippen molar-refractivity contribution in [2.24, 2.45) is 0 Å². The minimum absolute atomic E-state index is 0.431. The molecule has 0 radical (unpaired) electrons. The molecule has 1 aromatic heterocycles. The number of hydrogen-bond donors (Lipinski definition) is 0. The van der Waals surface area contributed by atoms with Crippen molar-refractivity contribution in [2.45, 2.75) is 25.8 Å². The van der Waals surface area contributed by atoms with Crippen LogP contribution in [0.25, 0.3) is 0 Å². The lowest BCUT2D eigenvalue weighted by Gasteiger charge is -2.28. The average molecular weight is 243 g/mol. The fraction of sp³-hybridized carbons (Fsp3) is 0.583. The Bertz CT molecular complexity index is 318. The molecule has 90 valence electrons. The molecule has 0 aliphatic heterocycles. The van der Waals surface area contributed by atoms with Gasteiger partial charge in [-0.2, -0.15) is 0 Å². The zero-order valence-corrected chi connectivity index (χ0v) is 10.9. The number of hydrogen-bond acceptors (Lipinski definition) is 3. The van der Waals surface area contributed by atoms with Crippen LogP contribution in [0.5, 0.6) is 0 Å². The Hall–Kier alpha value is -0.800. The lowest BCUT2D eigenvalue weighted by Crippen LogP contribution is -2.33. The molecule has 0 fully saturated rings. The number of rotatable bonds is 6. The van der Waals surface area contributed by atoms with Crippen LogP contribution in [-0.4, -0.2) is 31.3 Å². The molecule has 0 saturated carbocycles. The highest BCUT2D eigenvalue weighted by atomic mass is 35.5. The van der Waals surface area contributed by atoms with Crippen molar-refractivity contribution in [1.29, 1.82) is 0 Å². The van der Waals surface area contributed by atoms with Crippen molar-refractivity contribution in [3.05, 3.63) is 24.0 Å². The zero-order chi connectivity index (χ0) is 12.0. The zero-order valence-electron chi connectivity index (χ0n) is 10.1. The Kier molecular flexibility index (Phi) is 5.56. The molecule has 4 heteroatoms. The molecule has 1 heterocycles. The Morgan fingerprint density at radius 3 is 2.81 bits per heavy atom. The van der Waals surface area contributed by atoms with Gasteiger partial charge in [-0.15, -0.1) is 11.6 Å². The molecular formula is C12H19ClN2O. The van der Waals surface area contributed by atoms with E-state index >= 15 is 0 Å². The molecule has 0 saturated heterocycles. The van der Waals surface area contributed by atoms with Crippen LogP contribution >= 0.6 is 11.6 Å². The summed E-state index contributed by atoms with van der Waals surface area (Å²) in [5.74, 6) is 0.448. The largest absolute Gasteiger partial charge is 0.383 e. The fourth-order valence-electron chi connectivity index (χ4n) is 1.59. The van der Waals surface area contributed by atoms with Gasteiger partial charge in [-0.3, -0.25) is 4.98 Å². The summed E-state index contributed by atoms with van der Waals surface area (Å²) in [5.41, 5.74) is 2.06. The van der Waals surface area contributed by atoms with Crippen LogP contribution < -0.4 is 4.90 Å². The van der Waals surface area contributed by atoms with Crippen LogP contribution in [0.15, 0.2) is 18.3 Å². The van der Waals surface area contributed by atoms with Crippen LogP contribution in [0, 0.1) is 0 Å². The van der Waals surface area contributed by atoms with Gasteiger partial charge in [0.15, 0.2) is 0 Å². The van der Waals surface area contributed by atoms with E-state index in [-0.39, 0.29) is 0 Å². The Balaban J connectivity index is 2.82. The monoisotopic (exact) mass is 242 g/mol. The van der Waals surface area contributed by atoms with Gasteiger partial charge >= 0.3 is 0 Å². The van der Waals surface area contributed by atoms with E-state index in [2.05, 4.69) is 23.7 Å². The molecule has 0 bridgehead atoms. The van der Waals surface area contributed by atoms with Gasteiger partial charge in [-0.25, -0.2) is 0 Å². The molecule has 0 unspecified atom stereocenters. The molecule has 0 N–H and O–H groups in total. The third kappa shape index (κ3) is 3.65. The maximum atomic E-state index is 5.78. The molecule has 0 aliphatic carbocycles. The van der Waals surface area contributed by atoms with Crippen LogP contribution in [0.4, 0.5) is 5.69 Å². The van der Waals surface area contributed by atoms with Gasteiger partial charge < -0.3 is 9.64 Å². The molecule has 1 rings (SSSR count). The van der Waals surface area contributed by atoms with E-state index in [0.29, 0.717) is 11.9 Å². The minimum atomic E-state index is 0.431. The third-order valence-corrected chi connectivity index (χ3v) is 2.70. The van der Waals surface area contributed by atoms with E-state index < -0.39 is 0 Å². The lowest BCUT2D eigenvalue weighted by atomic mass is 10.2. The topological polar surface area (TPSA) is 25.4 Å². The summed E-state index contributed by atoms with van der Waals surface area (Å²) in [6.07, 6.45) is 1.80. The van der Waals surface area contributed by atoms with Gasteiger partial charge in [0.05, 0.1) is 18.2 Å². The molecular weight excluding hydrogens is 224 g/mol. The van der Waals surface area contributed by atoms with Gasteiger partial charge in [0.25, 0.3) is 0 Å². The highest BCUT2D eigenvalue weighted by molar-refractivity contribution is 6.16. The summed E-state index contributed by atoms with van der Waals surface area (Å²) in [4.78, 5) is 6.47. The second-order valence-corrected chi connectivity index (χ2v) is 4.19. The van der Waals surface area contributed by atoms with E-state index in [1.54, 1.807) is 13.3 Å². The van der Waals surface area contributed by atoms with E-state index in [0.717, 1.165) is 24.5 Å². The number of ether oxygens (including phenoxy) is 1. The Labute approximate surface area is 102 Å². The second-order valence-electron chi connectivity index (χ2n) is 3.92. The van der Waals surface area contributed by atoms with E-state index in [1.807, 2.05) is 12.1 Å². The maximum absolute atomic E-state index is 5.78. The Morgan fingerprint density at radius 1 is 1.50 bits per heavy atom. The summed E-state index contributed by atoms with van der Waals surface area (Å²) in [6.45, 7) is 5.92. The first-order valence-corrected chi connectivity index (χ1v) is 5.99. The number of nitrogens with zero attached hydrogens (tertiary/aromatic N) is 2. The first-order chi connectivity index (χ1) is 7.69. The van der Waals surface area contributed by atoms with E-state index in [4.69, 9.17) is 16.3 Å². The molecule has 0 atom stereocenters. The normalized spacial score (nSPS) is 10.8. The summed E-state index contributed by atoms with van der Waals surface area (Å²) < 4.78 is 5.12. The number of alkyl halides is 1. The van der Waals surface area contributed by atoms with Crippen LogP contribution in [0.2, 0.25) is 0 Å². The van der Waals surface area contributed by atoms with Crippen LogP contribution in [0.3, 0.4) is 0 Å².